The fourth-order valence-corrected chi connectivity index (χ4v) is 9.11. The maximum absolute atomic E-state index is 12.7. The number of allylic oxidation sites excluding steroid dienone is 2. The highest BCUT2D eigenvalue weighted by Crippen LogP contribution is 2.43. The maximum atomic E-state index is 12.7. The minimum absolute atomic E-state index is 0.0336. The summed E-state index contributed by atoms with van der Waals surface area (Å²) in [7, 11) is 1.49. The zero-order valence-electron chi connectivity index (χ0n) is 44.5. The highest BCUT2D eigenvalue weighted by molar-refractivity contribution is 7.47. The Balaban J connectivity index is 4.06. The van der Waals surface area contributed by atoms with Crippen LogP contribution in [0.2, 0.25) is 0 Å². The molecule has 0 saturated heterocycles. The lowest BCUT2D eigenvalue weighted by atomic mass is 10.0. The standard InChI is InChI=1S/C56H110NO8P/c1-6-8-10-12-14-16-18-20-22-23-24-25-26-27-28-29-30-31-32-33-35-36-38-40-42-44-46-48-55(58)62-52-54(53-64-66(60,61)63-51-50-57(3,4)5)65-56(59)49-47-45-43-41-39-37-34-21-19-17-15-13-11-9-7-2/h21,34,54H,6-20,22-33,35-53H2,1-5H3/p+1/b34-21-/t54-/m1/s1. The summed E-state index contributed by atoms with van der Waals surface area (Å²) < 4.78 is 34.5. The van der Waals surface area contributed by atoms with E-state index in [2.05, 4.69) is 26.0 Å². The van der Waals surface area contributed by atoms with Crippen LogP contribution < -0.4 is 0 Å². The summed E-state index contributed by atoms with van der Waals surface area (Å²) in [5, 5.41) is 0. The predicted octanol–water partition coefficient (Wildman–Crippen LogP) is 17.3. The molecule has 9 nitrogen and oxygen atoms in total. The van der Waals surface area contributed by atoms with Gasteiger partial charge < -0.3 is 18.9 Å². The molecule has 0 aliphatic heterocycles. The van der Waals surface area contributed by atoms with Gasteiger partial charge in [-0.25, -0.2) is 4.57 Å². The van der Waals surface area contributed by atoms with Gasteiger partial charge in [-0.3, -0.25) is 18.6 Å². The van der Waals surface area contributed by atoms with E-state index in [-0.39, 0.29) is 25.6 Å². The molecular formula is C56H111NO8P+. The van der Waals surface area contributed by atoms with Crippen molar-refractivity contribution in [3.8, 4) is 0 Å². The average molecular weight is 957 g/mol. The molecule has 0 fully saturated rings. The van der Waals surface area contributed by atoms with Gasteiger partial charge in [0.25, 0.3) is 0 Å². The van der Waals surface area contributed by atoms with E-state index < -0.39 is 26.5 Å². The van der Waals surface area contributed by atoms with Crippen molar-refractivity contribution in [3.05, 3.63) is 12.2 Å². The van der Waals surface area contributed by atoms with Crippen molar-refractivity contribution < 1.29 is 42.1 Å². The van der Waals surface area contributed by atoms with Crippen LogP contribution in [0.5, 0.6) is 0 Å². The van der Waals surface area contributed by atoms with Crippen LogP contribution in [0.3, 0.4) is 0 Å². The SMILES string of the molecule is CCCCCCCC/C=C\CCCCCCCC(=O)O[C@H](COC(=O)CCCCCCCCCCCCCCCCCCCCCCCCCCCCC)COP(=O)(O)OCC[N+](C)(C)C. The van der Waals surface area contributed by atoms with Crippen molar-refractivity contribution >= 4 is 19.8 Å². The molecule has 0 rings (SSSR count). The van der Waals surface area contributed by atoms with E-state index in [1.54, 1.807) is 0 Å². The van der Waals surface area contributed by atoms with Gasteiger partial charge in [0.1, 0.15) is 19.8 Å². The van der Waals surface area contributed by atoms with Crippen LogP contribution >= 0.6 is 7.82 Å². The highest BCUT2D eigenvalue weighted by Gasteiger charge is 2.27. The van der Waals surface area contributed by atoms with Gasteiger partial charge in [0.2, 0.25) is 0 Å². The number of unbranched alkanes of at least 4 members (excludes halogenated alkanes) is 37. The third-order valence-corrected chi connectivity index (χ3v) is 13.8. The summed E-state index contributed by atoms with van der Waals surface area (Å²) in [5.74, 6) is -0.791. The Kier molecular flexibility index (Phi) is 47.8. The van der Waals surface area contributed by atoms with Crippen molar-refractivity contribution in [2.45, 2.75) is 290 Å². The first-order chi connectivity index (χ1) is 32.0. The van der Waals surface area contributed by atoms with Gasteiger partial charge in [0.15, 0.2) is 6.10 Å². The molecule has 0 radical (unpaired) electrons. The molecule has 0 aromatic rings. The molecule has 0 aliphatic rings. The van der Waals surface area contributed by atoms with Gasteiger partial charge >= 0.3 is 19.8 Å². The fraction of sp³-hybridized carbons (Fsp3) is 0.929. The maximum Gasteiger partial charge on any atom is 0.472 e. The number of rotatable bonds is 53. The topological polar surface area (TPSA) is 108 Å². The first-order valence-electron chi connectivity index (χ1n) is 28.4. The molecule has 66 heavy (non-hydrogen) atoms. The smallest absolute Gasteiger partial charge is 0.462 e. The molecule has 1 unspecified atom stereocenters. The number of quaternary nitrogens is 1. The summed E-state index contributed by atoms with van der Waals surface area (Å²) in [6, 6.07) is 0. The fourth-order valence-electron chi connectivity index (χ4n) is 8.37. The van der Waals surface area contributed by atoms with Crippen LogP contribution in [-0.2, 0) is 32.7 Å². The molecule has 0 aromatic carbocycles. The number of phosphoric ester groups is 1. The van der Waals surface area contributed by atoms with Gasteiger partial charge in [-0.1, -0.05) is 244 Å². The van der Waals surface area contributed by atoms with E-state index in [0.717, 1.165) is 51.4 Å². The van der Waals surface area contributed by atoms with Crippen LogP contribution in [0.25, 0.3) is 0 Å². The van der Waals surface area contributed by atoms with Crippen LogP contribution in [0.15, 0.2) is 12.2 Å². The third kappa shape index (κ3) is 52.1. The number of nitrogens with zero attached hydrogens (tertiary/aromatic N) is 1. The molecule has 10 heteroatoms. The van der Waals surface area contributed by atoms with Crippen molar-refractivity contribution in [2.24, 2.45) is 0 Å². The number of phosphoric acid groups is 1. The number of esters is 2. The Morgan fingerprint density at radius 2 is 0.773 bits per heavy atom. The Bertz CT molecular complexity index is 1130. The number of hydrogen-bond donors (Lipinski definition) is 1. The Hall–Kier alpha value is -1.25. The lowest BCUT2D eigenvalue weighted by molar-refractivity contribution is -0.870. The van der Waals surface area contributed by atoms with E-state index in [4.69, 9.17) is 18.5 Å². The van der Waals surface area contributed by atoms with Gasteiger partial charge in [0.05, 0.1) is 27.7 Å². The van der Waals surface area contributed by atoms with E-state index in [9.17, 15) is 19.0 Å². The predicted molar refractivity (Wildman–Crippen MR) is 280 cm³/mol. The summed E-state index contributed by atoms with van der Waals surface area (Å²) in [6.07, 6.45) is 55.7. The van der Waals surface area contributed by atoms with Gasteiger partial charge in [-0.15, -0.1) is 0 Å². The molecular weight excluding hydrogens is 846 g/mol. The van der Waals surface area contributed by atoms with Crippen molar-refractivity contribution in [1.82, 2.24) is 0 Å². The first-order valence-corrected chi connectivity index (χ1v) is 29.9. The van der Waals surface area contributed by atoms with Crippen LogP contribution in [0, 0.1) is 0 Å². The summed E-state index contributed by atoms with van der Waals surface area (Å²) in [4.78, 5) is 35.6. The van der Waals surface area contributed by atoms with Gasteiger partial charge in [-0.05, 0) is 38.5 Å². The zero-order valence-corrected chi connectivity index (χ0v) is 45.4. The lowest BCUT2D eigenvalue weighted by Gasteiger charge is -2.24. The van der Waals surface area contributed by atoms with E-state index >= 15 is 0 Å². The molecule has 0 saturated carbocycles. The van der Waals surface area contributed by atoms with Crippen LogP contribution in [0.4, 0.5) is 0 Å². The molecule has 2 atom stereocenters. The van der Waals surface area contributed by atoms with E-state index in [1.807, 2.05) is 21.1 Å². The quantitative estimate of drug-likeness (QED) is 0.0211. The average Bonchev–Trinajstić information content (AvgIpc) is 3.27. The second-order valence-electron chi connectivity index (χ2n) is 20.7. The number of hydrogen-bond acceptors (Lipinski definition) is 7. The molecule has 0 amide bonds. The Labute approximate surface area is 409 Å². The second kappa shape index (κ2) is 48.8. The normalized spacial score (nSPS) is 13.4. The monoisotopic (exact) mass is 957 g/mol. The van der Waals surface area contributed by atoms with Crippen molar-refractivity contribution in [3.63, 3.8) is 0 Å². The van der Waals surface area contributed by atoms with Crippen molar-refractivity contribution in [1.29, 1.82) is 0 Å². The summed E-state index contributed by atoms with van der Waals surface area (Å²) in [6.45, 7) is 4.47. The highest BCUT2D eigenvalue weighted by atomic mass is 31.2. The molecule has 0 heterocycles. The molecule has 0 aromatic heterocycles. The summed E-state index contributed by atoms with van der Waals surface area (Å²) in [5.41, 5.74) is 0. The largest absolute Gasteiger partial charge is 0.472 e. The summed E-state index contributed by atoms with van der Waals surface area (Å²) >= 11 is 0. The number of likely N-dealkylation sites (N-methyl/N-ethyl adjacent to an activating group) is 1. The number of ether oxygens (including phenoxy) is 2. The first kappa shape index (κ1) is 64.8. The Morgan fingerprint density at radius 1 is 0.455 bits per heavy atom. The number of carbonyl (C=O) groups is 2. The minimum Gasteiger partial charge on any atom is -0.462 e. The van der Waals surface area contributed by atoms with Gasteiger partial charge in [-0.2, -0.15) is 0 Å². The van der Waals surface area contributed by atoms with Crippen LogP contribution in [-0.4, -0.2) is 74.9 Å². The van der Waals surface area contributed by atoms with E-state index in [0.29, 0.717) is 23.9 Å². The molecule has 0 bridgehead atoms. The van der Waals surface area contributed by atoms with E-state index in [1.165, 1.54) is 199 Å². The lowest BCUT2D eigenvalue weighted by Crippen LogP contribution is -2.37. The minimum atomic E-state index is -4.38. The number of carbonyl (C=O) groups excluding carboxylic acids is 2. The molecule has 1 N–H and O–H groups in total. The van der Waals surface area contributed by atoms with Gasteiger partial charge in [0, 0.05) is 12.8 Å². The van der Waals surface area contributed by atoms with Crippen LogP contribution in [0.1, 0.15) is 284 Å². The third-order valence-electron chi connectivity index (χ3n) is 12.8. The second-order valence-corrected chi connectivity index (χ2v) is 22.1. The molecule has 0 spiro atoms. The molecule has 392 valence electrons. The Morgan fingerprint density at radius 3 is 1.12 bits per heavy atom. The van der Waals surface area contributed by atoms with Crippen molar-refractivity contribution in [2.75, 3.05) is 47.5 Å². The molecule has 0 aliphatic carbocycles. The zero-order chi connectivity index (χ0) is 48.5.